The fraction of sp³-hybridized carbons (Fsp3) is 0.462. The summed E-state index contributed by atoms with van der Waals surface area (Å²) in [5, 5.41) is 11.5. The molecule has 118 valence electrons. The van der Waals surface area contributed by atoms with E-state index in [0.717, 1.165) is 0 Å². The Morgan fingerprint density at radius 1 is 1.43 bits per heavy atom. The van der Waals surface area contributed by atoms with E-state index in [9.17, 15) is 8.42 Å². The number of nitrogens with two attached hydrogens (primary N) is 1. The minimum atomic E-state index is -3.50. The molecule has 8 heteroatoms. The van der Waals surface area contributed by atoms with Crippen molar-refractivity contribution in [2.45, 2.75) is 20.8 Å². The van der Waals surface area contributed by atoms with Crippen LogP contribution in [0.2, 0.25) is 0 Å². The average Bonchev–Trinajstić information content (AvgIpc) is 2.34. The molecule has 0 aliphatic rings. The van der Waals surface area contributed by atoms with Crippen molar-refractivity contribution < 1.29 is 18.4 Å². The molecule has 0 fully saturated rings. The molecule has 0 aliphatic heterocycles. The van der Waals surface area contributed by atoms with E-state index in [0.29, 0.717) is 11.3 Å². The summed E-state index contributed by atoms with van der Waals surface area (Å²) in [6.45, 7) is 5.51. The topological polar surface area (TPSA) is 114 Å². The number of sulfonamides is 1. The Morgan fingerprint density at radius 3 is 2.52 bits per heavy atom. The quantitative estimate of drug-likeness (QED) is 0.330. The van der Waals surface area contributed by atoms with E-state index < -0.39 is 10.0 Å². The first-order chi connectivity index (χ1) is 9.58. The van der Waals surface area contributed by atoms with Crippen molar-refractivity contribution in [1.29, 1.82) is 0 Å². The number of nitrogens with one attached hydrogen (secondary N) is 1. The summed E-state index contributed by atoms with van der Waals surface area (Å²) in [5.41, 5.74) is 5.84. The molecule has 0 saturated heterocycles. The zero-order valence-electron chi connectivity index (χ0n) is 12.5. The van der Waals surface area contributed by atoms with Gasteiger partial charge in [0.05, 0.1) is 18.6 Å². The highest BCUT2D eigenvalue weighted by Crippen LogP contribution is 2.28. The van der Waals surface area contributed by atoms with E-state index in [4.69, 9.17) is 15.7 Å². The van der Waals surface area contributed by atoms with E-state index >= 15 is 0 Å². The maximum Gasteiger partial charge on any atom is 0.233 e. The number of amidine groups is 1. The highest BCUT2D eigenvalue weighted by Gasteiger charge is 2.22. The average molecular weight is 315 g/mol. The minimum Gasteiger partial charge on any atom is -0.495 e. The molecule has 0 heterocycles. The molecule has 0 bridgehead atoms. The van der Waals surface area contributed by atoms with Gasteiger partial charge in [0.15, 0.2) is 5.84 Å². The molecule has 0 atom stereocenters. The minimum absolute atomic E-state index is 0.0227. The van der Waals surface area contributed by atoms with Gasteiger partial charge in [0, 0.05) is 5.56 Å². The number of anilines is 1. The van der Waals surface area contributed by atoms with Gasteiger partial charge in [0.2, 0.25) is 10.0 Å². The number of methoxy groups -OCH3 is 1. The largest absolute Gasteiger partial charge is 0.495 e. The number of rotatable bonds is 5. The van der Waals surface area contributed by atoms with Gasteiger partial charge in [-0.15, -0.1) is 0 Å². The predicted molar refractivity (Wildman–Crippen MR) is 82.4 cm³/mol. The van der Waals surface area contributed by atoms with Crippen LogP contribution < -0.4 is 15.2 Å². The first-order valence-corrected chi connectivity index (χ1v) is 7.89. The van der Waals surface area contributed by atoms with Crippen molar-refractivity contribution in [2.24, 2.45) is 16.3 Å². The molecule has 0 spiro atoms. The summed E-state index contributed by atoms with van der Waals surface area (Å²) in [6, 6.07) is 4.53. The van der Waals surface area contributed by atoms with E-state index in [1.54, 1.807) is 0 Å². The Balaban J connectivity index is 3.10. The molecule has 0 amide bonds. The molecule has 0 aliphatic carbocycles. The number of hydrogen-bond acceptors (Lipinski definition) is 5. The van der Waals surface area contributed by atoms with Crippen molar-refractivity contribution in [3.63, 3.8) is 0 Å². The maximum atomic E-state index is 12.1. The third-order valence-corrected chi connectivity index (χ3v) is 4.27. The molecular weight excluding hydrogens is 294 g/mol. The van der Waals surface area contributed by atoms with Crippen LogP contribution >= 0.6 is 0 Å². The lowest BCUT2D eigenvalue weighted by molar-refractivity contribution is 0.318. The summed E-state index contributed by atoms with van der Waals surface area (Å²) in [4.78, 5) is 0. The number of oxime groups is 1. The van der Waals surface area contributed by atoms with Gasteiger partial charge in [-0.25, -0.2) is 8.42 Å². The second-order valence-corrected chi connectivity index (χ2v) is 7.54. The van der Waals surface area contributed by atoms with Gasteiger partial charge in [0.1, 0.15) is 5.75 Å². The zero-order valence-corrected chi connectivity index (χ0v) is 13.4. The Bertz CT molecular complexity index is 633. The van der Waals surface area contributed by atoms with Crippen LogP contribution in [0.15, 0.2) is 23.4 Å². The second-order valence-electron chi connectivity index (χ2n) is 5.82. The lowest BCUT2D eigenvalue weighted by atomic mass is 10.0. The Labute approximate surface area is 124 Å². The van der Waals surface area contributed by atoms with Crippen LogP contribution in [0.5, 0.6) is 5.75 Å². The molecule has 0 radical (unpaired) electrons. The van der Waals surface area contributed by atoms with E-state index in [1.807, 2.05) is 20.8 Å². The fourth-order valence-electron chi connectivity index (χ4n) is 1.77. The zero-order chi connectivity index (χ0) is 16.3. The first kappa shape index (κ1) is 17.1. The van der Waals surface area contributed by atoms with E-state index in [2.05, 4.69) is 9.88 Å². The normalized spacial score (nSPS) is 13.0. The van der Waals surface area contributed by atoms with Gasteiger partial charge in [0.25, 0.3) is 0 Å². The monoisotopic (exact) mass is 315 g/mol. The van der Waals surface area contributed by atoms with Gasteiger partial charge in [-0.2, -0.15) is 0 Å². The molecule has 7 nitrogen and oxygen atoms in total. The van der Waals surface area contributed by atoms with Gasteiger partial charge >= 0.3 is 0 Å². The van der Waals surface area contributed by atoms with Crippen LogP contribution in [0.3, 0.4) is 0 Å². The Hall–Kier alpha value is -1.96. The first-order valence-electron chi connectivity index (χ1n) is 6.24. The third kappa shape index (κ3) is 5.14. The Kier molecular flexibility index (Phi) is 5.06. The highest BCUT2D eigenvalue weighted by atomic mass is 32.2. The molecule has 1 rings (SSSR count). The molecule has 4 N–H and O–H groups in total. The van der Waals surface area contributed by atoms with Crippen LogP contribution in [0, 0.1) is 5.41 Å². The number of nitrogens with zero attached hydrogens (tertiary/aromatic N) is 1. The second kappa shape index (κ2) is 6.21. The maximum absolute atomic E-state index is 12.1. The molecule has 1 aromatic carbocycles. The standard InChI is InChI=1S/C13H21N3O4S/c1-13(2,3)8-21(18,19)16-10-6-5-9(12(14)15-17)7-11(10)20-4/h5-7,16-17H,8H2,1-4H3,(H2,14,15). The van der Waals surface area contributed by atoms with Crippen molar-refractivity contribution >= 4 is 21.5 Å². The number of benzene rings is 1. The third-order valence-electron chi connectivity index (χ3n) is 2.49. The molecule has 1 aromatic rings. The molecule has 0 aromatic heterocycles. The van der Waals surface area contributed by atoms with Gasteiger partial charge in [-0.3, -0.25) is 4.72 Å². The van der Waals surface area contributed by atoms with Crippen LogP contribution in [0.1, 0.15) is 26.3 Å². The molecular formula is C13H21N3O4S. The Morgan fingerprint density at radius 2 is 2.05 bits per heavy atom. The van der Waals surface area contributed by atoms with Crippen molar-refractivity contribution in [2.75, 3.05) is 17.6 Å². The molecule has 0 saturated carbocycles. The van der Waals surface area contributed by atoms with Gasteiger partial charge < -0.3 is 15.7 Å². The van der Waals surface area contributed by atoms with Crippen LogP contribution in [0.4, 0.5) is 5.69 Å². The van der Waals surface area contributed by atoms with Crippen LogP contribution in [0.25, 0.3) is 0 Å². The summed E-state index contributed by atoms with van der Waals surface area (Å²) in [5.74, 6) is 0.180. The SMILES string of the molecule is COc1cc(/C(N)=N/O)ccc1NS(=O)(=O)CC(C)(C)C. The lowest BCUT2D eigenvalue weighted by Crippen LogP contribution is -2.26. The summed E-state index contributed by atoms with van der Waals surface area (Å²) in [6.07, 6.45) is 0. The number of hydrogen-bond donors (Lipinski definition) is 3. The summed E-state index contributed by atoms with van der Waals surface area (Å²) < 4.78 is 31.8. The lowest BCUT2D eigenvalue weighted by Gasteiger charge is -2.19. The van der Waals surface area contributed by atoms with E-state index in [-0.39, 0.29) is 22.8 Å². The number of ether oxygens (including phenoxy) is 1. The fourth-order valence-corrected chi connectivity index (χ4v) is 3.48. The van der Waals surface area contributed by atoms with Crippen molar-refractivity contribution in [3.8, 4) is 5.75 Å². The van der Waals surface area contributed by atoms with E-state index in [1.165, 1.54) is 25.3 Å². The highest BCUT2D eigenvalue weighted by molar-refractivity contribution is 7.92. The molecule has 0 unspecified atom stereocenters. The van der Waals surface area contributed by atoms with Crippen LogP contribution in [-0.4, -0.2) is 32.3 Å². The van der Waals surface area contributed by atoms with Crippen molar-refractivity contribution in [3.05, 3.63) is 23.8 Å². The molecule has 21 heavy (non-hydrogen) atoms. The van der Waals surface area contributed by atoms with Crippen LogP contribution in [-0.2, 0) is 10.0 Å². The van der Waals surface area contributed by atoms with Gasteiger partial charge in [-0.05, 0) is 23.6 Å². The van der Waals surface area contributed by atoms with Gasteiger partial charge in [-0.1, -0.05) is 25.9 Å². The predicted octanol–water partition coefficient (Wildman–Crippen LogP) is 1.58. The summed E-state index contributed by atoms with van der Waals surface area (Å²) >= 11 is 0. The van der Waals surface area contributed by atoms with Crippen molar-refractivity contribution in [1.82, 2.24) is 0 Å². The summed E-state index contributed by atoms with van der Waals surface area (Å²) in [7, 11) is -2.09. The smallest absolute Gasteiger partial charge is 0.233 e.